The molecule has 5 heteroatoms. The molecule has 4 nitrogen and oxygen atoms in total. The van der Waals surface area contributed by atoms with Crippen molar-refractivity contribution in [1.29, 1.82) is 0 Å². The maximum Gasteiger partial charge on any atom is 0.255 e. The van der Waals surface area contributed by atoms with E-state index in [0.29, 0.717) is 12.3 Å². The van der Waals surface area contributed by atoms with E-state index in [-0.39, 0.29) is 12.4 Å². The van der Waals surface area contributed by atoms with Crippen molar-refractivity contribution in [3.05, 3.63) is 59.4 Å². The number of primary amides is 1. The molecular weight excluding hydrogens is 271 g/mol. The average Bonchev–Trinajstić information content (AvgIpc) is 2.47. The highest BCUT2D eigenvalue weighted by Gasteiger charge is 2.02. The van der Waals surface area contributed by atoms with Crippen LogP contribution in [-0.2, 0) is 11.3 Å². The van der Waals surface area contributed by atoms with Crippen LogP contribution in [0.3, 0.4) is 0 Å². The molecule has 0 unspecified atom stereocenters. The summed E-state index contributed by atoms with van der Waals surface area (Å²) in [6, 6.07) is 11.9. The van der Waals surface area contributed by atoms with Crippen LogP contribution in [0.4, 0.5) is 10.1 Å². The molecule has 0 aliphatic rings. The van der Waals surface area contributed by atoms with Crippen molar-refractivity contribution in [2.45, 2.75) is 13.5 Å². The fourth-order valence-corrected chi connectivity index (χ4v) is 1.85. The van der Waals surface area contributed by atoms with Gasteiger partial charge >= 0.3 is 0 Å². The molecule has 0 spiro atoms. The van der Waals surface area contributed by atoms with Crippen LogP contribution in [0.2, 0.25) is 0 Å². The van der Waals surface area contributed by atoms with Crippen LogP contribution in [-0.4, -0.2) is 12.5 Å². The summed E-state index contributed by atoms with van der Waals surface area (Å²) in [5.41, 5.74) is 7.82. The molecule has 2 rings (SSSR count). The Balaban J connectivity index is 1.94. The Bertz CT molecular complexity index is 627. The molecular formula is C16H17FN2O2. The fraction of sp³-hybridized carbons (Fsp3) is 0.188. The van der Waals surface area contributed by atoms with E-state index in [2.05, 4.69) is 5.32 Å². The third kappa shape index (κ3) is 4.49. The quantitative estimate of drug-likeness (QED) is 0.858. The second kappa shape index (κ2) is 6.74. The van der Waals surface area contributed by atoms with Gasteiger partial charge in [0.05, 0.1) is 0 Å². The monoisotopic (exact) mass is 288 g/mol. The maximum absolute atomic E-state index is 13.2. The van der Waals surface area contributed by atoms with Crippen LogP contribution in [0.15, 0.2) is 42.5 Å². The molecule has 21 heavy (non-hydrogen) atoms. The number of carbonyl (C=O) groups excluding carboxylic acids is 1. The fourth-order valence-electron chi connectivity index (χ4n) is 1.85. The van der Waals surface area contributed by atoms with Gasteiger partial charge in [0.2, 0.25) is 0 Å². The SMILES string of the molecule is Cc1ccc(F)cc1CNc1ccc(OCC(N)=O)cc1. The molecule has 0 saturated carbocycles. The van der Waals surface area contributed by atoms with Gasteiger partial charge in [-0.05, 0) is 54.4 Å². The Kier molecular flexibility index (Phi) is 4.77. The molecule has 2 aromatic rings. The van der Waals surface area contributed by atoms with Gasteiger partial charge < -0.3 is 15.8 Å². The molecule has 0 heterocycles. The van der Waals surface area contributed by atoms with Crippen molar-refractivity contribution < 1.29 is 13.9 Å². The molecule has 0 fully saturated rings. The van der Waals surface area contributed by atoms with Crippen molar-refractivity contribution in [3.8, 4) is 5.75 Å². The van der Waals surface area contributed by atoms with Crippen molar-refractivity contribution >= 4 is 11.6 Å². The third-order valence-corrected chi connectivity index (χ3v) is 3.03. The molecule has 0 bridgehead atoms. The molecule has 3 N–H and O–H groups in total. The lowest BCUT2D eigenvalue weighted by molar-refractivity contribution is -0.119. The van der Waals surface area contributed by atoms with Gasteiger partial charge in [-0.25, -0.2) is 4.39 Å². The van der Waals surface area contributed by atoms with E-state index in [9.17, 15) is 9.18 Å². The number of nitrogens with two attached hydrogens (primary N) is 1. The minimum absolute atomic E-state index is 0.144. The smallest absolute Gasteiger partial charge is 0.255 e. The first-order chi connectivity index (χ1) is 10.0. The minimum Gasteiger partial charge on any atom is -0.484 e. The van der Waals surface area contributed by atoms with Gasteiger partial charge in [0, 0.05) is 12.2 Å². The van der Waals surface area contributed by atoms with Crippen LogP contribution in [0.25, 0.3) is 0 Å². The minimum atomic E-state index is -0.515. The summed E-state index contributed by atoms with van der Waals surface area (Å²) in [5.74, 6) is -0.187. The Morgan fingerprint density at radius 3 is 2.62 bits per heavy atom. The van der Waals surface area contributed by atoms with E-state index >= 15 is 0 Å². The van der Waals surface area contributed by atoms with Crippen molar-refractivity contribution in [1.82, 2.24) is 0 Å². The number of halogens is 1. The molecule has 0 aliphatic carbocycles. The number of benzene rings is 2. The number of amides is 1. The van der Waals surface area contributed by atoms with Crippen molar-refractivity contribution in [3.63, 3.8) is 0 Å². The Morgan fingerprint density at radius 1 is 1.24 bits per heavy atom. The van der Waals surface area contributed by atoms with Crippen molar-refractivity contribution in [2.24, 2.45) is 5.73 Å². The summed E-state index contributed by atoms with van der Waals surface area (Å²) in [4.78, 5) is 10.6. The Hall–Kier alpha value is -2.56. The largest absolute Gasteiger partial charge is 0.484 e. The zero-order valence-corrected chi connectivity index (χ0v) is 11.7. The lowest BCUT2D eigenvalue weighted by Gasteiger charge is -2.10. The van der Waals surface area contributed by atoms with Crippen molar-refractivity contribution in [2.75, 3.05) is 11.9 Å². The number of hydrogen-bond acceptors (Lipinski definition) is 3. The predicted molar refractivity (Wildman–Crippen MR) is 79.6 cm³/mol. The number of carbonyl (C=O) groups is 1. The number of rotatable bonds is 6. The lowest BCUT2D eigenvalue weighted by atomic mass is 10.1. The van der Waals surface area contributed by atoms with Crippen LogP contribution >= 0.6 is 0 Å². The molecule has 0 radical (unpaired) electrons. The third-order valence-electron chi connectivity index (χ3n) is 3.03. The number of nitrogens with one attached hydrogen (secondary N) is 1. The Labute approximate surface area is 122 Å². The zero-order valence-electron chi connectivity index (χ0n) is 11.7. The second-order valence-electron chi connectivity index (χ2n) is 4.70. The van der Waals surface area contributed by atoms with Gasteiger partial charge in [-0.2, -0.15) is 0 Å². The van der Waals surface area contributed by atoms with E-state index in [4.69, 9.17) is 10.5 Å². The average molecular weight is 288 g/mol. The van der Waals surface area contributed by atoms with Crippen LogP contribution in [0.5, 0.6) is 5.75 Å². The predicted octanol–water partition coefficient (Wildman–Crippen LogP) is 2.61. The van der Waals surface area contributed by atoms with E-state index < -0.39 is 5.91 Å². The molecule has 2 aromatic carbocycles. The van der Waals surface area contributed by atoms with E-state index in [1.54, 1.807) is 18.2 Å². The van der Waals surface area contributed by atoms with Gasteiger partial charge in [0.15, 0.2) is 6.61 Å². The maximum atomic E-state index is 13.2. The van der Waals surface area contributed by atoms with Gasteiger partial charge in [-0.1, -0.05) is 6.07 Å². The standard InChI is InChI=1S/C16H17FN2O2/c1-11-2-3-13(17)8-12(11)9-19-14-4-6-15(7-5-14)21-10-16(18)20/h2-8,19H,9-10H2,1H3,(H2,18,20). The highest BCUT2D eigenvalue weighted by Crippen LogP contribution is 2.17. The molecule has 1 amide bonds. The van der Waals surface area contributed by atoms with Gasteiger partial charge in [0.1, 0.15) is 11.6 Å². The molecule has 0 saturated heterocycles. The molecule has 0 aliphatic heterocycles. The van der Waals surface area contributed by atoms with Gasteiger partial charge in [-0.3, -0.25) is 4.79 Å². The van der Waals surface area contributed by atoms with Crippen LogP contribution < -0.4 is 15.8 Å². The highest BCUT2D eigenvalue weighted by atomic mass is 19.1. The van der Waals surface area contributed by atoms with E-state index in [0.717, 1.165) is 16.8 Å². The molecule has 0 atom stereocenters. The summed E-state index contributed by atoms with van der Waals surface area (Å²) in [6.07, 6.45) is 0. The highest BCUT2D eigenvalue weighted by molar-refractivity contribution is 5.75. The first-order valence-electron chi connectivity index (χ1n) is 6.54. The first kappa shape index (κ1) is 14.8. The zero-order chi connectivity index (χ0) is 15.2. The summed E-state index contributed by atoms with van der Waals surface area (Å²) < 4.78 is 18.4. The Morgan fingerprint density at radius 2 is 1.95 bits per heavy atom. The summed E-state index contributed by atoms with van der Waals surface area (Å²) >= 11 is 0. The summed E-state index contributed by atoms with van der Waals surface area (Å²) in [6.45, 7) is 2.33. The number of aryl methyl sites for hydroxylation is 1. The lowest BCUT2D eigenvalue weighted by Crippen LogP contribution is -2.19. The summed E-state index contributed by atoms with van der Waals surface area (Å²) in [5, 5.41) is 3.21. The van der Waals surface area contributed by atoms with E-state index in [1.807, 2.05) is 19.1 Å². The van der Waals surface area contributed by atoms with Crippen LogP contribution in [0.1, 0.15) is 11.1 Å². The van der Waals surface area contributed by atoms with Gasteiger partial charge in [0.25, 0.3) is 5.91 Å². The number of anilines is 1. The van der Waals surface area contributed by atoms with Crippen LogP contribution in [0, 0.1) is 12.7 Å². The molecule has 110 valence electrons. The summed E-state index contributed by atoms with van der Waals surface area (Å²) in [7, 11) is 0. The van der Waals surface area contributed by atoms with E-state index in [1.165, 1.54) is 12.1 Å². The van der Waals surface area contributed by atoms with Gasteiger partial charge in [-0.15, -0.1) is 0 Å². The first-order valence-corrected chi connectivity index (χ1v) is 6.54. The normalized spacial score (nSPS) is 10.2. The number of ether oxygens (including phenoxy) is 1. The molecule has 0 aromatic heterocycles. The topological polar surface area (TPSA) is 64.3 Å². The number of hydrogen-bond donors (Lipinski definition) is 2. The second-order valence-corrected chi connectivity index (χ2v) is 4.70.